The molecule has 4 bridgehead atoms. The third kappa shape index (κ3) is 3.44. The first kappa shape index (κ1) is 18.1. The van der Waals surface area contributed by atoms with E-state index in [9.17, 15) is 9.59 Å². The summed E-state index contributed by atoms with van der Waals surface area (Å²) < 4.78 is 0. The number of nitrogens with one attached hydrogen (secondary N) is 2. The zero-order valence-corrected chi connectivity index (χ0v) is 16.5. The number of hydrogen-bond acceptors (Lipinski definition) is 3. The molecule has 6 fully saturated rings. The van der Waals surface area contributed by atoms with Gasteiger partial charge in [0.05, 0.1) is 17.6 Å². The summed E-state index contributed by atoms with van der Waals surface area (Å²) in [5, 5.41) is 6.20. The lowest BCUT2D eigenvalue weighted by molar-refractivity contribution is -0.125. The lowest BCUT2D eigenvalue weighted by atomic mass is 9.64. The van der Waals surface area contributed by atoms with Crippen LogP contribution in [-0.2, 0) is 9.59 Å². The molecular weight excluding hydrogens is 350 g/mol. The number of hydrogen-bond donors (Lipinski definition) is 2. The van der Waals surface area contributed by atoms with Gasteiger partial charge in [-0.05, 0) is 68.3 Å². The average molecular weight is 382 g/mol. The molecule has 2 unspecified atom stereocenters. The molecule has 6 aliphatic carbocycles. The summed E-state index contributed by atoms with van der Waals surface area (Å²) in [7, 11) is 0. The number of aromatic nitrogens is 1. The highest BCUT2D eigenvalue weighted by Gasteiger charge is 2.40. The third-order valence-corrected chi connectivity index (χ3v) is 8.11. The molecule has 0 aromatic carbocycles. The molecule has 0 aliphatic heterocycles. The fourth-order valence-electron chi connectivity index (χ4n) is 6.45. The van der Waals surface area contributed by atoms with E-state index in [1.807, 2.05) is 6.07 Å². The second-order valence-electron chi connectivity index (χ2n) is 9.65. The predicted octanol–water partition coefficient (Wildman–Crippen LogP) is 4.61. The topological polar surface area (TPSA) is 71.1 Å². The molecule has 5 nitrogen and oxygen atoms in total. The van der Waals surface area contributed by atoms with Crippen LogP contribution in [0.1, 0.15) is 64.2 Å². The van der Waals surface area contributed by atoms with Gasteiger partial charge in [-0.1, -0.05) is 25.7 Å². The average Bonchev–Trinajstić information content (AvgIpc) is 2.76. The van der Waals surface area contributed by atoms with E-state index in [-0.39, 0.29) is 23.7 Å². The highest BCUT2D eigenvalue weighted by Crippen LogP contribution is 2.46. The smallest absolute Gasteiger partial charge is 0.227 e. The van der Waals surface area contributed by atoms with Gasteiger partial charge < -0.3 is 10.6 Å². The van der Waals surface area contributed by atoms with Crippen molar-refractivity contribution in [2.45, 2.75) is 64.2 Å². The normalized spacial score (nSPS) is 36.1. The molecule has 1 heterocycles. The molecule has 1 aromatic rings. The van der Waals surface area contributed by atoms with Gasteiger partial charge in [0.1, 0.15) is 0 Å². The Labute approximate surface area is 167 Å². The van der Waals surface area contributed by atoms with Crippen molar-refractivity contribution in [1.29, 1.82) is 0 Å². The molecule has 0 radical (unpaired) electrons. The first-order valence-corrected chi connectivity index (χ1v) is 11.2. The molecule has 0 saturated heterocycles. The molecule has 7 rings (SSSR count). The molecule has 2 N–H and O–H groups in total. The number of amides is 2. The molecule has 0 spiro atoms. The first-order chi connectivity index (χ1) is 13.7. The van der Waals surface area contributed by atoms with Gasteiger partial charge in [0.15, 0.2) is 0 Å². The minimum Gasteiger partial charge on any atom is -0.324 e. The van der Waals surface area contributed by atoms with Gasteiger partial charge in [-0.15, -0.1) is 0 Å². The summed E-state index contributed by atoms with van der Waals surface area (Å²) in [5.74, 6) is 2.96. The van der Waals surface area contributed by atoms with E-state index in [0.717, 1.165) is 24.7 Å². The van der Waals surface area contributed by atoms with Crippen LogP contribution in [0.15, 0.2) is 18.5 Å². The molecule has 2 atom stereocenters. The highest BCUT2D eigenvalue weighted by atomic mass is 16.2. The summed E-state index contributed by atoms with van der Waals surface area (Å²) in [4.78, 5) is 30.1. The second-order valence-corrected chi connectivity index (χ2v) is 9.65. The first-order valence-electron chi connectivity index (χ1n) is 11.2. The fraction of sp³-hybridized carbons (Fsp3) is 0.696. The number of rotatable bonds is 4. The van der Waals surface area contributed by atoms with Crippen molar-refractivity contribution in [2.75, 3.05) is 10.6 Å². The number of nitrogens with zero attached hydrogens (tertiary/aromatic N) is 1. The van der Waals surface area contributed by atoms with Gasteiger partial charge in [-0.2, -0.15) is 0 Å². The van der Waals surface area contributed by atoms with Crippen LogP contribution in [0.3, 0.4) is 0 Å². The molecule has 6 saturated carbocycles. The zero-order valence-electron chi connectivity index (χ0n) is 16.5. The van der Waals surface area contributed by atoms with Crippen LogP contribution in [0, 0.1) is 35.5 Å². The van der Waals surface area contributed by atoms with Crippen LogP contribution in [-0.4, -0.2) is 16.8 Å². The third-order valence-electron chi connectivity index (χ3n) is 8.11. The molecule has 2 amide bonds. The lowest BCUT2D eigenvalue weighted by Gasteiger charge is -2.41. The Morgan fingerprint density at radius 3 is 1.71 bits per heavy atom. The monoisotopic (exact) mass is 381 g/mol. The summed E-state index contributed by atoms with van der Waals surface area (Å²) in [5.41, 5.74) is 1.33. The Morgan fingerprint density at radius 2 is 1.25 bits per heavy atom. The number of carbonyl (C=O) groups excluding carboxylic acids is 2. The maximum Gasteiger partial charge on any atom is 0.227 e. The summed E-state index contributed by atoms with van der Waals surface area (Å²) in [6.45, 7) is 0. The lowest BCUT2D eigenvalue weighted by Crippen LogP contribution is -2.39. The molecule has 5 heteroatoms. The van der Waals surface area contributed by atoms with E-state index in [2.05, 4.69) is 15.6 Å². The quantitative estimate of drug-likeness (QED) is 0.800. The van der Waals surface area contributed by atoms with Crippen molar-refractivity contribution in [3.63, 3.8) is 0 Å². The maximum absolute atomic E-state index is 13.0. The van der Waals surface area contributed by atoms with E-state index >= 15 is 0 Å². The number of fused-ring (bicyclic) bond motifs is 6. The van der Waals surface area contributed by atoms with E-state index in [1.165, 1.54) is 51.4 Å². The Hall–Kier alpha value is -1.91. The summed E-state index contributed by atoms with van der Waals surface area (Å²) >= 11 is 0. The Balaban J connectivity index is 1.27. The second kappa shape index (κ2) is 7.49. The SMILES string of the molecule is O=C(Nc1ccncc1NC(=O)C1CC2CCC1CC2)C1CC2CCC1CC2. The number of anilines is 2. The van der Waals surface area contributed by atoms with Crippen LogP contribution in [0.2, 0.25) is 0 Å². The van der Waals surface area contributed by atoms with Crippen molar-refractivity contribution in [1.82, 2.24) is 4.98 Å². The largest absolute Gasteiger partial charge is 0.324 e. The predicted molar refractivity (Wildman–Crippen MR) is 109 cm³/mol. The minimum atomic E-state index is 0.106. The van der Waals surface area contributed by atoms with Gasteiger partial charge >= 0.3 is 0 Å². The van der Waals surface area contributed by atoms with Crippen molar-refractivity contribution in [3.05, 3.63) is 18.5 Å². The molecule has 1 aromatic heterocycles. The Kier molecular flexibility index (Phi) is 4.85. The van der Waals surface area contributed by atoms with E-state index < -0.39 is 0 Å². The van der Waals surface area contributed by atoms with Crippen molar-refractivity contribution < 1.29 is 9.59 Å². The summed E-state index contributed by atoms with van der Waals surface area (Å²) in [6.07, 6.45) is 15.3. The van der Waals surface area contributed by atoms with E-state index in [4.69, 9.17) is 0 Å². The van der Waals surface area contributed by atoms with Gasteiger partial charge in [-0.3, -0.25) is 14.6 Å². The fourth-order valence-corrected chi connectivity index (χ4v) is 6.45. The van der Waals surface area contributed by atoms with E-state index in [1.54, 1.807) is 12.4 Å². The van der Waals surface area contributed by atoms with Gasteiger partial charge in [0.25, 0.3) is 0 Å². The maximum atomic E-state index is 13.0. The van der Waals surface area contributed by atoms with Crippen LogP contribution < -0.4 is 10.6 Å². The Morgan fingerprint density at radius 1 is 0.750 bits per heavy atom. The Bertz CT molecular complexity index is 685. The number of carbonyl (C=O) groups is 2. The summed E-state index contributed by atoms with van der Waals surface area (Å²) in [6, 6.07) is 1.81. The molecule has 6 aliphatic rings. The number of pyridine rings is 1. The minimum absolute atomic E-state index is 0.106. The van der Waals surface area contributed by atoms with Crippen molar-refractivity contribution in [3.8, 4) is 0 Å². The molecule has 28 heavy (non-hydrogen) atoms. The van der Waals surface area contributed by atoms with Gasteiger partial charge in [0, 0.05) is 18.0 Å². The van der Waals surface area contributed by atoms with Crippen LogP contribution >= 0.6 is 0 Å². The molecular formula is C23H31N3O2. The standard InChI is InChI=1S/C23H31N3O2/c27-22(18-11-14-1-5-16(18)6-2-14)25-20-9-10-24-13-21(20)26-23(28)19-12-15-3-7-17(19)8-4-15/h9-10,13-19H,1-8,11-12H2,(H,26,28)(H,24,25,27). The zero-order chi connectivity index (χ0) is 19.1. The van der Waals surface area contributed by atoms with Crippen LogP contribution in [0.4, 0.5) is 11.4 Å². The van der Waals surface area contributed by atoms with Gasteiger partial charge in [0.2, 0.25) is 11.8 Å². The van der Waals surface area contributed by atoms with Crippen molar-refractivity contribution >= 4 is 23.2 Å². The van der Waals surface area contributed by atoms with Crippen LogP contribution in [0.5, 0.6) is 0 Å². The highest BCUT2D eigenvalue weighted by molar-refractivity contribution is 6.00. The van der Waals surface area contributed by atoms with Crippen molar-refractivity contribution in [2.24, 2.45) is 35.5 Å². The van der Waals surface area contributed by atoms with Crippen LogP contribution in [0.25, 0.3) is 0 Å². The van der Waals surface area contributed by atoms with Gasteiger partial charge in [-0.25, -0.2) is 0 Å². The van der Waals surface area contributed by atoms with E-state index in [0.29, 0.717) is 23.2 Å². The molecule has 150 valence electrons.